The zero-order chi connectivity index (χ0) is 18.2. The SMILES string of the molecule is COc1ccccc1CCNC(=O)c1ccnc(N2CCCCCC2)c1. The second kappa shape index (κ2) is 9.22. The largest absolute Gasteiger partial charge is 0.496 e. The normalized spacial score (nSPS) is 14.6. The molecular weight excluding hydrogens is 326 g/mol. The van der Waals surface area contributed by atoms with Crippen molar-refractivity contribution in [1.82, 2.24) is 10.3 Å². The van der Waals surface area contributed by atoms with Gasteiger partial charge in [-0.05, 0) is 43.0 Å². The highest BCUT2D eigenvalue weighted by Crippen LogP contribution is 2.19. The van der Waals surface area contributed by atoms with E-state index in [2.05, 4.69) is 15.2 Å². The first kappa shape index (κ1) is 18.2. The number of amides is 1. The van der Waals surface area contributed by atoms with E-state index in [-0.39, 0.29) is 5.91 Å². The van der Waals surface area contributed by atoms with Gasteiger partial charge in [-0.15, -0.1) is 0 Å². The molecule has 1 fully saturated rings. The van der Waals surface area contributed by atoms with E-state index in [0.717, 1.165) is 36.6 Å². The lowest BCUT2D eigenvalue weighted by atomic mass is 10.1. The number of ether oxygens (including phenoxy) is 1. The van der Waals surface area contributed by atoms with Crippen molar-refractivity contribution in [2.45, 2.75) is 32.1 Å². The Morgan fingerprint density at radius 2 is 1.92 bits per heavy atom. The summed E-state index contributed by atoms with van der Waals surface area (Å²) in [5.74, 6) is 1.71. The summed E-state index contributed by atoms with van der Waals surface area (Å²) in [5.41, 5.74) is 1.76. The molecule has 138 valence electrons. The molecule has 1 aliphatic rings. The lowest BCUT2D eigenvalue weighted by Gasteiger charge is -2.21. The molecule has 0 bridgehead atoms. The molecule has 0 spiro atoms. The van der Waals surface area contributed by atoms with Crippen LogP contribution in [-0.2, 0) is 6.42 Å². The maximum atomic E-state index is 12.5. The van der Waals surface area contributed by atoms with E-state index < -0.39 is 0 Å². The van der Waals surface area contributed by atoms with Crippen molar-refractivity contribution in [3.05, 3.63) is 53.7 Å². The van der Waals surface area contributed by atoms with Crippen LogP contribution >= 0.6 is 0 Å². The van der Waals surface area contributed by atoms with Gasteiger partial charge in [-0.2, -0.15) is 0 Å². The van der Waals surface area contributed by atoms with Crippen LogP contribution in [0.5, 0.6) is 5.75 Å². The first-order valence-corrected chi connectivity index (χ1v) is 9.39. The maximum Gasteiger partial charge on any atom is 0.251 e. The predicted octanol–water partition coefficient (Wildman–Crippen LogP) is 3.44. The van der Waals surface area contributed by atoms with Gasteiger partial charge in [0.25, 0.3) is 5.91 Å². The van der Waals surface area contributed by atoms with E-state index in [1.54, 1.807) is 19.4 Å². The average molecular weight is 353 g/mol. The fourth-order valence-electron chi connectivity index (χ4n) is 3.35. The van der Waals surface area contributed by atoms with E-state index in [0.29, 0.717) is 12.1 Å². The summed E-state index contributed by atoms with van der Waals surface area (Å²) >= 11 is 0. The van der Waals surface area contributed by atoms with Gasteiger partial charge in [0.15, 0.2) is 0 Å². The number of rotatable bonds is 6. The quantitative estimate of drug-likeness (QED) is 0.864. The number of para-hydroxylation sites is 1. The molecule has 2 aromatic rings. The van der Waals surface area contributed by atoms with Crippen molar-refractivity contribution in [1.29, 1.82) is 0 Å². The number of hydrogen-bond donors (Lipinski definition) is 1. The standard InChI is InChI=1S/C21H27N3O2/c1-26-19-9-5-4-8-17(19)10-13-23-21(25)18-11-12-22-20(16-18)24-14-6-2-3-7-15-24/h4-5,8-9,11-12,16H,2-3,6-7,10,13-15H2,1H3,(H,23,25). The number of nitrogens with zero attached hydrogens (tertiary/aromatic N) is 2. The molecule has 5 nitrogen and oxygen atoms in total. The molecule has 0 aliphatic carbocycles. The number of carbonyl (C=O) groups is 1. The third-order valence-electron chi connectivity index (χ3n) is 4.81. The van der Waals surface area contributed by atoms with Crippen LogP contribution in [0.3, 0.4) is 0 Å². The van der Waals surface area contributed by atoms with Crippen LogP contribution in [0, 0.1) is 0 Å². The van der Waals surface area contributed by atoms with Gasteiger partial charge in [0.1, 0.15) is 11.6 Å². The van der Waals surface area contributed by atoms with Gasteiger partial charge in [-0.1, -0.05) is 31.0 Å². The van der Waals surface area contributed by atoms with E-state index in [4.69, 9.17) is 4.74 Å². The van der Waals surface area contributed by atoms with E-state index >= 15 is 0 Å². The van der Waals surface area contributed by atoms with Gasteiger partial charge in [0, 0.05) is 31.4 Å². The number of nitrogens with one attached hydrogen (secondary N) is 1. The molecule has 0 radical (unpaired) electrons. The Kier molecular flexibility index (Phi) is 6.47. The second-order valence-corrected chi connectivity index (χ2v) is 6.62. The van der Waals surface area contributed by atoms with Crippen LogP contribution in [0.15, 0.2) is 42.6 Å². The smallest absolute Gasteiger partial charge is 0.251 e. The number of anilines is 1. The summed E-state index contributed by atoms with van der Waals surface area (Å²) in [6, 6.07) is 11.6. The molecule has 5 heteroatoms. The van der Waals surface area contributed by atoms with Crippen molar-refractivity contribution >= 4 is 11.7 Å². The third-order valence-corrected chi connectivity index (χ3v) is 4.81. The fourth-order valence-corrected chi connectivity index (χ4v) is 3.35. The average Bonchev–Trinajstić information content (AvgIpc) is 2.98. The Hall–Kier alpha value is -2.56. The Morgan fingerprint density at radius 1 is 1.15 bits per heavy atom. The monoisotopic (exact) mass is 353 g/mol. The van der Waals surface area contributed by atoms with E-state index in [1.807, 2.05) is 30.3 Å². The topological polar surface area (TPSA) is 54.5 Å². The second-order valence-electron chi connectivity index (χ2n) is 6.62. The minimum atomic E-state index is -0.0571. The number of benzene rings is 1. The molecule has 2 heterocycles. The molecule has 1 aliphatic heterocycles. The van der Waals surface area contributed by atoms with Crippen molar-refractivity contribution in [2.75, 3.05) is 31.6 Å². The molecule has 26 heavy (non-hydrogen) atoms. The molecule has 1 N–H and O–H groups in total. The van der Waals surface area contributed by atoms with E-state index in [1.165, 1.54) is 25.7 Å². The van der Waals surface area contributed by atoms with Crippen LogP contribution in [0.1, 0.15) is 41.6 Å². The summed E-state index contributed by atoms with van der Waals surface area (Å²) in [4.78, 5) is 19.3. The van der Waals surface area contributed by atoms with Crippen LogP contribution < -0.4 is 15.0 Å². The summed E-state index contributed by atoms with van der Waals surface area (Å²) in [6.07, 6.45) is 7.41. The lowest BCUT2D eigenvalue weighted by Crippen LogP contribution is -2.28. The van der Waals surface area contributed by atoms with Gasteiger partial charge in [-0.3, -0.25) is 4.79 Å². The lowest BCUT2D eigenvalue weighted by molar-refractivity contribution is 0.0954. The Bertz CT molecular complexity index is 725. The van der Waals surface area contributed by atoms with Crippen LogP contribution in [-0.4, -0.2) is 37.6 Å². The molecule has 0 saturated carbocycles. The Labute approximate surface area is 155 Å². The fraction of sp³-hybridized carbons (Fsp3) is 0.429. The molecule has 0 atom stereocenters. The third kappa shape index (κ3) is 4.75. The van der Waals surface area contributed by atoms with E-state index in [9.17, 15) is 4.79 Å². The van der Waals surface area contributed by atoms with Crippen LogP contribution in [0.2, 0.25) is 0 Å². The molecule has 1 saturated heterocycles. The predicted molar refractivity (Wildman–Crippen MR) is 104 cm³/mol. The number of hydrogen-bond acceptors (Lipinski definition) is 4. The number of aromatic nitrogens is 1. The van der Waals surface area contributed by atoms with Crippen molar-refractivity contribution in [3.63, 3.8) is 0 Å². The van der Waals surface area contributed by atoms with Gasteiger partial charge in [-0.25, -0.2) is 4.98 Å². The Balaban J connectivity index is 1.58. The number of carbonyl (C=O) groups excluding carboxylic acids is 1. The molecule has 1 aromatic carbocycles. The van der Waals surface area contributed by atoms with Gasteiger partial charge >= 0.3 is 0 Å². The summed E-state index contributed by atoms with van der Waals surface area (Å²) in [7, 11) is 1.67. The molecule has 1 aromatic heterocycles. The summed E-state index contributed by atoms with van der Waals surface area (Å²) in [5, 5.41) is 3.00. The molecular formula is C21H27N3O2. The highest BCUT2D eigenvalue weighted by molar-refractivity contribution is 5.94. The zero-order valence-electron chi connectivity index (χ0n) is 15.4. The minimum absolute atomic E-state index is 0.0571. The van der Waals surface area contributed by atoms with Crippen molar-refractivity contribution in [2.24, 2.45) is 0 Å². The first-order chi connectivity index (χ1) is 12.8. The first-order valence-electron chi connectivity index (χ1n) is 9.39. The van der Waals surface area contributed by atoms with Gasteiger partial charge < -0.3 is 15.0 Å². The zero-order valence-corrected chi connectivity index (χ0v) is 15.4. The Morgan fingerprint density at radius 3 is 2.69 bits per heavy atom. The van der Waals surface area contributed by atoms with Crippen LogP contribution in [0.25, 0.3) is 0 Å². The number of methoxy groups -OCH3 is 1. The van der Waals surface area contributed by atoms with Crippen molar-refractivity contribution < 1.29 is 9.53 Å². The summed E-state index contributed by atoms with van der Waals surface area (Å²) in [6.45, 7) is 2.61. The van der Waals surface area contributed by atoms with Gasteiger partial charge in [0.2, 0.25) is 0 Å². The maximum absolute atomic E-state index is 12.5. The molecule has 0 unspecified atom stereocenters. The highest BCUT2D eigenvalue weighted by Gasteiger charge is 2.13. The van der Waals surface area contributed by atoms with Crippen molar-refractivity contribution in [3.8, 4) is 5.75 Å². The van der Waals surface area contributed by atoms with Crippen LogP contribution in [0.4, 0.5) is 5.82 Å². The minimum Gasteiger partial charge on any atom is -0.496 e. The molecule has 1 amide bonds. The number of pyridine rings is 1. The summed E-state index contributed by atoms with van der Waals surface area (Å²) < 4.78 is 5.35. The molecule has 3 rings (SSSR count). The van der Waals surface area contributed by atoms with Gasteiger partial charge in [0.05, 0.1) is 7.11 Å². The highest BCUT2D eigenvalue weighted by atomic mass is 16.5.